The molecule has 0 saturated heterocycles. The lowest BCUT2D eigenvalue weighted by molar-refractivity contribution is 0.311. The highest BCUT2D eigenvalue weighted by Crippen LogP contribution is 2.35. The molecule has 0 aliphatic heterocycles. The predicted molar refractivity (Wildman–Crippen MR) is 116 cm³/mol. The second kappa shape index (κ2) is 7.59. The zero-order valence-electron chi connectivity index (χ0n) is 16.2. The minimum Gasteiger partial charge on any atom is -0.358 e. The number of hydrogen-bond acceptors (Lipinski definition) is 4. The molecule has 4 aromatic rings. The molecule has 0 aliphatic carbocycles. The van der Waals surface area contributed by atoms with Gasteiger partial charge in [0.2, 0.25) is 0 Å². The van der Waals surface area contributed by atoms with Crippen molar-refractivity contribution in [3.05, 3.63) is 64.7 Å². The van der Waals surface area contributed by atoms with E-state index in [0.29, 0.717) is 11.6 Å². The lowest BCUT2D eigenvalue weighted by Crippen LogP contribution is -2.26. The Balaban J connectivity index is 1.91. The van der Waals surface area contributed by atoms with E-state index in [4.69, 9.17) is 0 Å². The van der Waals surface area contributed by atoms with E-state index >= 15 is 0 Å². The Kier molecular flexibility index (Phi) is 4.99. The number of nitrogens with one attached hydrogen (secondary N) is 1. The van der Waals surface area contributed by atoms with Crippen LogP contribution < -0.4 is 0 Å². The largest absolute Gasteiger partial charge is 0.358 e. The standard InChI is InChI=1S/C23H22N4S/c1-15(27(2)3)8-22-23(20-9-16(11-24)4-5-21(20)26-22)19-10-18(12-25-13-19)17-6-7-28-14-17/h4-7,9-10,12-15,26H,8H2,1-3H3. The van der Waals surface area contributed by atoms with E-state index in [1.165, 1.54) is 11.3 Å². The smallest absolute Gasteiger partial charge is 0.0991 e. The fourth-order valence-corrected chi connectivity index (χ4v) is 4.11. The number of H-pyrrole nitrogens is 1. The van der Waals surface area contributed by atoms with E-state index < -0.39 is 0 Å². The van der Waals surface area contributed by atoms with Crippen molar-refractivity contribution in [2.45, 2.75) is 19.4 Å². The minimum absolute atomic E-state index is 0.385. The Morgan fingerprint density at radius 1 is 1.14 bits per heavy atom. The molecule has 3 heterocycles. The maximum Gasteiger partial charge on any atom is 0.0991 e. The Morgan fingerprint density at radius 2 is 1.96 bits per heavy atom. The SMILES string of the molecule is CC(Cc1[nH]c2ccc(C#N)cc2c1-c1cncc(-c2ccsc2)c1)N(C)C. The van der Waals surface area contributed by atoms with Gasteiger partial charge in [0, 0.05) is 58.1 Å². The van der Waals surface area contributed by atoms with Crippen LogP contribution in [0, 0.1) is 11.3 Å². The first-order valence-corrected chi connectivity index (χ1v) is 10.2. The van der Waals surface area contributed by atoms with Crippen LogP contribution in [0.2, 0.25) is 0 Å². The van der Waals surface area contributed by atoms with Gasteiger partial charge in [-0.05, 0) is 67.7 Å². The zero-order chi connectivity index (χ0) is 19.7. The van der Waals surface area contributed by atoms with Crippen molar-refractivity contribution < 1.29 is 0 Å². The molecule has 0 spiro atoms. The first-order chi connectivity index (χ1) is 13.6. The minimum atomic E-state index is 0.385. The summed E-state index contributed by atoms with van der Waals surface area (Å²) in [6.45, 7) is 2.22. The molecule has 28 heavy (non-hydrogen) atoms. The van der Waals surface area contributed by atoms with Gasteiger partial charge in [0.15, 0.2) is 0 Å². The molecule has 0 bridgehead atoms. The molecule has 4 rings (SSSR count). The van der Waals surface area contributed by atoms with Crippen LogP contribution in [-0.4, -0.2) is 35.0 Å². The van der Waals surface area contributed by atoms with Crippen molar-refractivity contribution >= 4 is 22.2 Å². The average molecular weight is 387 g/mol. The molecule has 5 heteroatoms. The van der Waals surface area contributed by atoms with Crippen molar-refractivity contribution in [1.29, 1.82) is 5.26 Å². The van der Waals surface area contributed by atoms with Gasteiger partial charge < -0.3 is 9.88 Å². The van der Waals surface area contributed by atoms with Gasteiger partial charge in [0.05, 0.1) is 11.6 Å². The third-order valence-electron chi connectivity index (χ3n) is 5.27. The quantitative estimate of drug-likeness (QED) is 0.505. The summed E-state index contributed by atoms with van der Waals surface area (Å²) in [5, 5.41) is 14.7. The van der Waals surface area contributed by atoms with E-state index in [2.05, 4.69) is 64.8 Å². The van der Waals surface area contributed by atoms with Gasteiger partial charge in [-0.2, -0.15) is 16.6 Å². The normalized spacial score (nSPS) is 12.4. The summed E-state index contributed by atoms with van der Waals surface area (Å²) < 4.78 is 0. The van der Waals surface area contributed by atoms with Crippen LogP contribution in [0.15, 0.2) is 53.5 Å². The Morgan fingerprint density at radius 3 is 2.68 bits per heavy atom. The molecule has 1 atom stereocenters. The number of fused-ring (bicyclic) bond motifs is 1. The highest BCUT2D eigenvalue weighted by molar-refractivity contribution is 7.08. The molecule has 1 unspecified atom stereocenters. The van der Waals surface area contributed by atoms with Crippen LogP contribution in [0.25, 0.3) is 33.2 Å². The summed E-state index contributed by atoms with van der Waals surface area (Å²) in [6.07, 6.45) is 4.71. The number of nitrogens with zero attached hydrogens (tertiary/aromatic N) is 3. The molecule has 0 amide bonds. The highest BCUT2D eigenvalue weighted by atomic mass is 32.1. The molecular formula is C23H22N4S. The number of aromatic amines is 1. The van der Waals surface area contributed by atoms with Gasteiger partial charge >= 0.3 is 0 Å². The van der Waals surface area contributed by atoms with Crippen LogP contribution in [0.5, 0.6) is 0 Å². The van der Waals surface area contributed by atoms with Crippen LogP contribution >= 0.6 is 11.3 Å². The van der Waals surface area contributed by atoms with Gasteiger partial charge in [-0.15, -0.1) is 0 Å². The molecular weight excluding hydrogens is 364 g/mol. The van der Waals surface area contributed by atoms with Gasteiger partial charge in [-0.25, -0.2) is 0 Å². The highest BCUT2D eigenvalue weighted by Gasteiger charge is 2.18. The summed E-state index contributed by atoms with van der Waals surface area (Å²) in [6, 6.07) is 12.8. The Labute approximate surface area is 169 Å². The van der Waals surface area contributed by atoms with Gasteiger partial charge in [0.25, 0.3) is 0 Å². The third-order valence-corrected chi connectivity index (χ3v) is 5.95. The lowest BCUT2D eigenvalue weighted by atomic mass is 9.97. The van der Waals surface area contributed by atoms with Gasteiger partial charge in [-0.3, -0.25) is 4.98 Å². The topological polar surface area (TPSA) is 55.7 Å². The second-order valence-corrected chi connectivity index (χ2v) is 8.12. The molecule has 140 valence electrons. The van der Waals surface area contributed by atoms with Crippen molar-refractivity contribution in [3.8, 4) is 28.3 Å². The van der Waals surface area contributed by atoms with E-state index in [0.717, 1.165) is 34.0 Å². The summed E-state index contributed by atoms with van der Waals surface area (Å²) in [7, 11) is 4.19. The van der Waals surface area contributed by atoms with E-state index in [-0.39, 0.29) is 0 Å². The molecule has 3 aromatic heterocycles. The lowest BCUT2D eigenvalue weighted by Gasteiger charge is -2.20. The first kappa shape index (κ1) is 18.4. The molecule has 0 aliphatic rings. The fraction of sp³-hybridized carbons (Fsp3) is 0.217. The van der Waals surface area contributed by atoms with Crippen LogP contribution in [0.3, 0.4) is 0 Å². The van der Waals surface area contributed by atoms with E-state index in [1.54, 1.807) is 11.3 Å². The van der Waals surface area contributed by atoms with E-state index in [1.807, 2.05) is 30.6 Å². The number of rotatable bonds is 5. The van der Waals surface area contributed by atoms with Crippen LogP contribution in [0.1, 0.15) is 18.2 Å². The number of likely N-dealkylation sites (N-methyl/N-ethyl adjacent to an activating group) is 1. The summed E-state index contributed by atoms with van der Waals surface area (Å²) in [5.41, 5.74) is 7.40. The molecule has 4 nitrogen and oxygen atoms in total. The monoisotopic (exact) mass is 386 g/mol. The predicted octanol–water partition coefficient (Wildman–Crippen LogP) is 5.32. The van der Waals surface area contributed by atoms with Crippen LogP contribution in [-0.2, 0) is 6.42 Å². The average Bonchev–Trinajstić information content (AvgIpc) is 3.35. The number of hydrogen-bond donors (Lipinski definition) is 1. The van der Waals surface area contributed by atoms with Gasteiger partial charge in [-0.1, -0.05) is 0 Å². The molecule has 1 aromatic carbocycles. The van der Waals surface area contributed by atoms with Crippen molar-refractivity contribution in [1.82, 2.24) is 14.9 Å². The number of aromatic nitrogens is 2. The van der Waals surface area contributed by atoms with Crippen molar-refractivity contribution in [2.24, 2.45) is 0 Å². The molecule has 1 N–H and O–H groups in total. The number of pyridine rings is 1. The Bertz CT molecular complexity index is 1150. The molecule has 0 saturated carbocycles. The summed E-state index contributed by atoms with van der Waals surface area (Å²) >= 11 is 1.68. The number of nitriles is 1. The van der Waals surface area contributed by atoms with Crippen molar-refractivity contribution in [3.63, 3.8) is 0 Å². The summed E-state index contributed by atoms with van der Waals surface area (Å²) in [4.78, 5) is 10.3. The van der Waals surface area contributed by atoms with Gasteiger partial charge in [0.1, 0.15) is 0 Å². The summed E-state index contributed by atoms with van der Waals surface area (Å²) in [5.74, 6) is 0. The first-order valence-electron chi connectivity index (χ1n) is 9.26. The molecule has 0 fully saturated rings. The maximum absolute atomic E-state index is 9.37. The second-order valence-electron chi connectivity index (χ2n) is 7.34. The maximum atomic E-state index is 9.37. The number of benzene rings is 1. The Hall–Kier alpha value is -2.94. The molecule has 0 radical (unpaired) electrons. The van der Waals surface area contributed by atoms with Crippen LogP contribution in [0.4, 0.5) is 0 Å². The zero-order valence-corrected chi connectivity index (χ0v) is 17.0. The van der Waals surface area contributed by atoms with E-state index in [9.17, 15) is 5.26 Å². The fourth-order valence-electron chi connectivity index (χ4n) is 3.44. The third kappa shape index (κ3) is 3.45. The number of thiophene rings is 1. The van der Waals surface area contributed by atoms with Crippen molar-refractivity contribution in [2.75, 3.05) is 14.1 Å².